The minimum absolute atomic E-state index is 0.0994. The summed E-state index contributed by atoms with van der Waals surface area (Å²) in [6.45, 7) is 0. The number of methoxy groups -OCH3 is 1. The first-order chi connectivity index (χ1) is 11.1. The van der Waals surface area contributed by atoms with Crippen molar-refractivity contribution in [3.8, 4) is 11.3 Å². The second-order valence-corrected chi connectivity index (χ2v) is 6.05. The molecule has 0 aliphatic heterocycles. The highest BCUT2D eigenvalue weighted by Crippen LogP contribution is 2.34. The van der Waals surface area contributed by atoms with Crippen molar-refractivity contribution in [2.45, 2.75) is 17.4 Å². The zero-order valence-electron chi connectivity index (χ0n) is 12.5. The fourth-order valence-corrected chi connectivity index (χ4v) is 2.92. The first kappa shape index (κ1) is 16.2. The lowest BCUT2D eigenvalue weighted by molar-refractivity contribution is 0.0844. The molecule has 2 unspecified atom stereocenters. The number of hydrogen-bond donors (Lipinski definition) is 1. The average Bonchev–Trinajstić information content (AvgIpc) is 3.07. The van der Waals surface area contributed by atoms with E-state index in [0.29, 0.717) is 16.4 Å². The number of aromatic nitrogens is 4. The van der Waals surface area contributed by atoms with Gasteiger partial charge in [-0.05, 0) is 24.5 Å². The summed E-state index contributed by atoms with van der Waals surface area (Å²) in [4.78, 5) is 8.63. The molecule has 0 saturated heterocycles. The van der Waals surface area contributed by atoms with Gasteiger partial charge in [-0.25, -0.2) is 14.4 Å². The normalized spacial score (nSPS) is 21.0. The van der Waals surface area contributed by atoms with Gasteiger partial charge in [0.25, 0.3) is 0 Å². The summed E-state index contributed by atoms with van der Waals surface area (Å²) in [6.07, 6.45) is 6.45. The first-order valence-electron chi connectivity index (χ1n) is 6.81. The van der Waals surface area contributed by atoms with Gasteiger partial charge >= 0.3 is 0 Å². The Balaban J connectivity index is 2.04. The monoisotopic (exact) mass is 352 g/mol. The van der Waals surface area contributed by atoms with Gasteiger partial charge in [0.05, 0.1) is 22.6 Å². The van der Waals surface area contributed by atoms with E-state index in [9.17, 15) is 4.39 Å². The van der Waals surface area contributed by atoms with Crippen molar-refractivity contribution in [1.82, 2.24) is 20.2 Å². The number of halogens is 2. The van der Waals surface area contributed by atoms with E-state index in [1.54, 1.807) is 30.6 Å². The van der Waals surface area contributed by atoms with E-state index in [-0.39, 0.29) is 5.03 Å². The van der Waals surface area contributed by atoms with E-state index >= 15 is 0 Å². The van der Waals surface area contributed by atoms with Crippen molar-refractivity contribution in [2.24, 2.45) is 0 Å². The average molecular weight is 353 g/mol. The number of aromatic amines is 1. The van der Waals surface area contributed by atoms with Gasteiger partial charge in [-0.15, -0.1) is 0 Å². The quantitative estimate of drug-likeness (QED) is 0.674. The Labute approximate surface area is 142 Å². The second-order valence-electron chi connectivity index (χ2n) is 4.84. The zero-order chi connectivity index (χ0) is 16.4. The number of nitrogens with zero attached hydrogens (tertiary/aromatic N) is 3. The summed E-state index contributed by atoms with van der Waals surface area (Å²) in [5.41, 5.74) is 2.95. The van der Waals surface area contributed by atoms with E-state index in [1.807, 2.05) is 6.26 Å². The molecule has 0 bridgehead atoms. The highest BCUT2D eigenvalue weighted by atomic mass is 35.5. The van der Waals surface area contributed by atoms with E-state index in [0.717, 1.165) is 11.3 Å². The molecule has 3 rings (SSSR count). The van der Waals surface area contributed by atoms with Crippen LogP contribution in [-0.4, -0.2) is 45.8 Å². The van der Waals surface area contributed by atoms with Gasteiger partial charge in [0.1, 0.15) is 6.10 Å². The van der Waals surface area contributed by atoms with Crippen molar-refractivity contribution in [3.05, 3.63) is 41.3 Å². The molecule has 0 spiro atoms. The van der Waals surface area contributed by atoms with Gasteiger partial charge in [-0.2, -0.15) is 5.10 Å². The van der Waals surface area contributed by atoms with Crippen LogP contribution in [0.2, 0.25) is 0 Å². The van der Waals surface area contributed by atoms with Crippen molar-refractivity contribution in [1.29, 1.82) is 0 Å². The third kappa shape index (κ3) is 3.17. The molecule has 0 radical (unpaired) electrons. The molecule has 2 heterocycles. The molecule has 5 nitrogen and oxygen atoms in total. The fourth-order valence-electron chi connectivity index (χ4n) is 2.33. The molecule has 1 aliphatic rings. The smallest absolute Gasteiger partial charge is 0.187 e. The van der Waals surface area contributed by atoms with Crippen LogP contribution >= 0.6 is 23.4 Å². The lowest BCUT2D eigenvalue weighted by Gasteiger charge is -2.21. The highest BCUT2D eigenvalue weighted by Gasteiger charge is 2.28. The predicted octanol–water partition coefficient (Wildman–Crippen LogP) is 3.46. The van der Waals surface area contributed by atoms with Crippen LogP contribution in [0.3, 0.4) is 0 Å². The lowest BCUT2D eigenvalue weighted by atomic mass is 9.97. The Morgan fingerprint density at radius 1 is 1.43 bits per heavy atom. The molecule has 0 amide bonds. The Kier molecular flexibility index (Phi) is 4.79. The second kappa shape index (κ2) is 6.82. The van der Waals surface area contributed by atoms with Gasteiger partial charge in [0, 0.05) is 24.4 Å². The number of nitrogens with one attached hydrogen (secondary N) is 1. The molecule has 1 N–H and O–H groups in total. The lowest BCUT2D eigenvalue weighted by Crippen LogP contribution is -2.25. The molecule has 0 saturated carbocycles. The standard InChI is InChI=1S/C15H14ClFN4OS/c1-22-12-6-8(5-10(16)13(12)17)14-9(7-19-21-14)11-3-4-18-15(20-11)23-2/h3-7,12-13H,1-2H3,(H,19,21). The first-order valence-corrected chi connectivity index (χ1v) is 8.41. The van der Waals surface area contributed by atoms with E-state index in [4.69, 9.17) is 16.3 Å². The number of H-pyrrole nitrogens is 1. The summed E-state index contributed by atoms with van der Waals surface area (Å²) in [5, 5.41) is 7.77. The van der Waals surface area contributed by atoms with Crippen molar-refractivity contribution >= 4 is 28.9 Å². The largest absolute Gasteiger partial charge is 0.374 e. The van der Waals surface area contributed by atoms with Gasteiger partial charge in [0.2, 0.25) is 0 Å². The Morgan fingerprint density at radius 2 is 2.26 bits per heavy atom. The fraction of sp³-hybridized carbons (Fsp3) is 0.267. The van der Waals surface area contributed by atoms with Crippen LogP contribution in [0.1, 0.15) is 5.69 Å². The van der Waals surface area contributed by atoms with E-state index < -0.39 is 12.3 Å². The molecule has 2 aromatic rings. The van der Waals surface area contributed by atoms with Crippen molar-refractivity contribution < 1.29 is 9.13 Å². The molecule has 0 aromatic carbocycles. The van der Waals surface area contributed by atoms with Crippen LogP contribution < -0.4 is 0 Å². The molecule has 2 atom stereocenters. The highest BCUT2D eigenvalue weighted by molar-refractivity contribution is 7.98. The Bertz CT molecular complexity index is 776. The molecular weight excluding hydrogens is 339 g/mol. The number of rotatable bonds is 4. The predicted molar refractivity (Wildman–Crippen MR) is 89.0 cm³/mol. The summed E-state index contributed by atoms with van der Waals surface area (Å²) in [5.74, 6) is 0. The molecule has 0 fully saturated rings. The maximum atomic E-state index is 14.0. The number of ether oxygens (including phenoxy) is 1. The third-order valence-electron chi connectivity index (χ3n) is 3.48. The van der Waals surface area contributed by atoms with Crippen LogP contribution in [0.5, 0.6) is 0 Å². The molecule has 120 valence electrons. The Morgan fingerprint density at radius 3 is 3.00 bits per heavy atom. The minimum Gasteiger partial charge on any atom is -0.374 e. The summed E-state index contributed by atoms with van der Waals surface area (Å²) in [7, 11) is 1.45. The molecule has 2 aromatic heterocycles. The van der Waals surface area contributed by atoms with Crippen LogP contribution in [0.4, 0.5) is 4.39 Å². The number of hydrogen-bond acceptors (Lipinski definition) is 5. The number of alkyl halides is 1. The van der Waals surface area contributed by atoms with Crippen molar-refractivity contribution in [2.75, 3.05) is 13.4 Å². The van der Waals surface area contributed by atoms with E-state index in [2.05, 4.69) is 20.2 Å². The molecule has 1 aliphatic carbocycles. The third-order valence-corrected chi connectivity index (χ3v) is 4.36. The van der Waals surface area contributed by atoms with Crippen LogP contribution in [0.15, 0.2) is 40.8 Å². The van der Waals surface area contributed by atoms with Gasteiger partial charge < -0.3 is 4.74 Å². The zero-order valence-corrected chi connectivity index (χ0v) is 14.0. The van der Waals surface area contributed by atoms with Crippen LogP contribution in [0.25, 0.3) is 16.8 Å². The Hall–Kier alpha value is -1.70. The van der Waals surface area contributed by atoms with Gasteiger partial charge in [-0.3, -0.25) is 5.10 Å². The molecule has 8 heteroatoms. The van der Waals surface area contributed by atoms with Crippen molar-refractivity contribution in [3.63, 3.8) is 0 Å². The number of thioether (sulfide) groups is 1. The molecular formula is C15H14ClFN4OS. The molecule has 23 heavy (non-hydrogen) atoms. The van der Waals surface area contributed by atoms with Crippen LogP contribution in [0, 0.1) is 0 Å². The number of allylic oxidation sites excluding steroid dienone is 2. The van der Waals surface area contributed by atoms with Crippen LogP contribution in [-0.2, 0) is 4.74 Å². The maximum Gasteiger partial charge on any atom is 0.187 e. The summed E-state index contributed by atoms with van der Waals surface area (Å²) >= 11 is 7.46. The minimum atomic E-state index is -1.36. The SMILES string of the molecule is COC1C=C(c2[nH]ncc2-c2ccnc(SC)n2)C=C(Cl)C1F. The maximum absolute atomic E-state index is 14.0. The summed E-state index contributed by atoms with van der Waals surface area (Å²) in [6, 6.07) is 1.80. The topological polar surface area (TPSA) is 63.7 Å². The summed E-state index contributed by atoms with van der Waals surface area (Å²) < 4.78 is 19.1. The van der Waals surface area contributed by atoms with E-state index in [1.165, 1.54) is 18.9 Å². The van der Waals surface area contributed by atoms with Gasteiger partial charge in [-0.1, -0.05) is 23.4 Å². The van der Waals surface area contributed by atoms with Gasteiger partial charge in [0.15, 0.2) is 11.3 Å².